The SMILES string of the molecule is COc1ccc(C(=O)N2C[C@H](C)N(C3CCN(c4nc(C(CN)(OC5CC5)c5ccc(F)cc5)c5cc(-c6cn(C)c(=O)c7[nH]ccc67)ccc5n4)CC3)C[C@H]2C)cc1-n1ccc(=O)[nH]c1=O. The van der Waals surface area contributed by atoms with Gasteiger partial charge in [0.1, 0.15) is 22.7 Å². The van der Waals surface area contributed by atoms with Gasteiger partial charge in [-0.3, -0.25) is 28.8 Å². The number of hydrogen-bond acceptors (Lipinski definition) is 11. The Hall–Kier alpha value is -6.95. The molecule has 1 aliphatic carbocycles. The molecule has 10 rings (SSSR count). The van der Waals surface area contributed by atoms with Gasteiger partial charge in [-0.1, -0.05) is 18.2 Å². The van der Waals surface area contributed by atoms with Gasteiger partial charge in [0.05, 0.1) is 30.1 Å². The molecule has 17 heteroatoms. The van der Waals surface area contributed by atoms with Crippen molar-refractivity contribution in [3.8, 4) is 22.6 Å². The monoisotopic (exact) mass is 908 g/mol. The largest absolute Gasteiger partial charge is 0.495 e. The number of H-pyrrole nitrogens is 2. The number of nitrogens with two attached hydrogens (primary N) is 1. The molecule has 2 saturated heterocycles. The van der Waals surface area contributed by atoms with Gasteiger partial charge in [0.15, 0.2) is 0 Å². The number of piperidine rings is 1. The van der Waals surface area contributed by atoms with Crippen LogP contribution in [0.3, 0.4) is 0 Å². The van der Waals surface area contributed by atoms with Crippen molar-refractivity contribution in [1.29, 1.82) is 0 Å². The Kier molecular flexibility index (Phi) is 11.4. The fraction of sp³-hybridized carbons (Fsp3) is 0.360. The maximum Gasteiger partial charge on any atom is 0.333 e. The molecule has 4 aromatic heterocycles. The van der Waals surface area contributed by atoms with Crippen LogP contribution in [0, 0.1) is 5.82 Å². The third-order valence-electron chi connectivity index (χ3n) is 13.8. The second kappa shape index (κ2) is 17.4. The summed E-state index contributed by atoms with van der Waals surface area (Å²) in [5.41, 5.74) is 9.33. The van der Waals surface area contributed by atoms with Gasteiger partial charge in [0, 0.05) is 104 Å². The number of ether oxygens (including phenoxy) is 2. The van der Waals surface area contributed by atoms with Gasteiger partial charge in [0.25, 0.3) is 17.0 Å². The molecule has 3 fully saturated rings. The number of methoxy groups -OCH3 is 1. The van der Waals surface area contributed by atoms with Crippen LogP contribution >= 0.6 is 0 Å². The van der Waals surface area contributed by atoms with Crippen LogP contribution in [0.15, 0.2) is 106 Å². The lowest BCUT2D eigenvalue weighted by atomic mass is 9.86. The van der Waals surface area contributed by atoms with Crippen molar-refractivity contribution >= 4 is 33.7 Å². The number of halogens is 1. The number of nitrogens with zero attached hydrogens (tertiary/aromatic N) is 7. The molecule has 2 aliphatic heterocycles. The predicted molar refractivity (Wildman–Crippen MR) is 254 cm³/mol. The normalized spacial score (nSPS) is 19.3. The van der Waals surface area contributed by atoms with E-state index in [4.69, 9.17) is 25.2 Å². The van der Waals surface area contributed by atoms with Gasteiger partial charge in [-0.25, -0.2) is 19.2 Å². The van der Waals surface area contributed by atoms with E-state index >= 15 is 0 Å². The number of aromatic nitrogens is 6. The molecule has 67 heavy (non-hydrogen) atoms. The number of aryl methyl sites for hydroxylation is 1. The van der Waals surface area contributed by atoms with Gasteiger partial charge in [-0.05, 0) is 99.2 Å². The average Bonchev–Trinajstić information content (AvgIpc) is 4.02. The summed E-state index contributed by atoms with van der Waals surface area (Å²) in [6.07, 6.45) is 8.38. The highest BCUT2D eigenvalue weighted by Crippen LogP contribution is 2.43. The zero-order valence-electron chi connectivity index (χ0n) is 37.9. The quantitative estimate of drug-likeness (QED) is 0.158. The Labute approximate surface area is 384 Å². The van der Waals surface area contributed by atoms with E-state index in [-0.39, 0.29) is 48.1 Å². The zero-order valence-corrected chi connectivity index (χ0v) is 37.9. The number of pyridine rings is 1. The summed E-state index contributed by atoms with van der Waals surface area (Å²) in [6.45, 7) is 6.83. The number of piperazine rings is 1. The van der Waals surface area contributed by atoms with Crippen molar-refractivity contribution in [3.63, 3.8) is 0 Å². The van der Waals surface area contributed by atoms with Gasteiger partial charge < -0.3 is 34.6 Å². The number of amides is 1. The number of benzene rings is 3. The maximum absolute atomic E-state index is 14.5. The van der Waals surface area contributed by atoms with E-state index in [1.54, 1.807) is 48.1 Å². The van der Waals surface area contributed by atoms with Crippen LogP contribution in [-0.4, -0.2) is 109 Å². The number of hydrogen-bond donors (Lipinski definition) is 3. The van der Waals surface area contributed by atoms with E-state index in [0.29, 0.717) is 71.4 Å². The molecule has 1 saturated carbocycles. The summed E-state index contributed by atoms with van der Waals surface area (Å²) in [5, 5.41) is 1.54. The van der Waals surface area contributed by atoms with Gasteiger partial charge in [-0.2, -0.15) is 0 Å². The molecule has 3 atom stereocenters. The predicted octanol–water partition coefficient (Wildman–Crippen LogP) is 5.05. The second-order valence-corrected chi connectivity index (χ2v) is 18.1. The lowest BCUT2D eigenvalue weighted by Gasteiger charge is -2.49. The van der Waals surface area contributed by atoms with Crippen LogP contribution in [0.2, 0.25) is 0 Å². The smallest absolute Gasteiger partial charge is 0.333 e. The first-order valence-electron chi connectivity index (χ1n) is 22.8. The summed E-state index contributed by atoms with van der Waals surface area (Å²) in [4.78, 5) is 74.2. The van der Waals surface area contributed by atoms with Gasteiger partial charge in [0.2, 0.25) is 5.95 Å². The molecule has 0 bridgehead atoms. The van der Waals surface area contributed by atoms with E-state index in [0.717, 1.165) is 47.6 Å². The summed E-state index contributed by atoms with van der Waals surface area (Å²) in [5.74, 6) is 0.425. The van der Waals surface area contributed by atoms with Crippen LogP contribution in [0.25, 0.3) is 38.6 Å². The Morgan fingerprint density at radius 3 is 2.40 bits per heavy atom. The van der Waals surface area contributed by atoms with Crippen molar-refractivity contribution in [2.45, 2.75) is 69.4 Å². The standard InChI is InChI=1S/C50H53FN10O6/c1-29-26-61(46(63)32-6-14-42(66-4)41(24-32)59-22-18-43(62)55-49(59)65)30(2)25-60(29)35-16-20-58(21-17-35)48-54-40-13-5-31(39-27-57(3)47(64)44-37(39)15-19-53-44)23-38(40)45(56-48)50(28-52,67-36-11-12-36)33-7-9-34(51)10-8-33/h5-10,13-15,18-19,22-24,27,29-30,35-36,53H,11-12,16-17,20-21,25-26,28,52H2,1-4H3,(H,55,62,65)/t29-,30+,50?/m0/s1. The molecule has 7 aromatic rings. The fourth-order valence-corrected chi connectivity index (χ4v) is 10.1. The molecule has 0 radical (unpaired) electrons. The molecule has 1 unspecified atom stereocenters. The molecule has 6 heterocycles. The van der Waals surface area contributed by atoms with Crippen LogP contribution in [-0.2, 0) is 17.4 Å². The number of anilines is 1. The topological polar surface area (TPSA) is 190 Å². The summed E-state index contributed by atoms with van der Waals surface area (Å²) >= 11 is 0. The molecule has 16 nitrogen and oxygen atoms in total. The van der Waals surface area contributed by atoms with Crippen LogP contribution in [0.4, 0.5) is 10.3 Å². The molecule has 1 amide bonds. The van der Waals surface area contributed by atoms with E-state index < -0.39 is 16.9 Å². The number of carbonyl (C=O) groups excluding carboxylic acids is 1. The van der Waals surface area contributed by atoms with E-state index in [1.165, 1.54) is 36.1 Å². The third kappa shape index (κ3) is 7.99. The first-order chi connectivity index (χ1) is 32.3. The molecule has 346 valence electrons. The molecule has 0 spiro atoms. The first kappa shape index (κ1) is 43.9. The lowest BCUT2D eigenvalue weighted by Crippen LogP contribution is -2.61. The van der Waals surface area contributed by atoms with E-state index in [9.17, 15) is 23.6 Å². The Bertz CT molecular complexity index is 3210. The van der Waals surface area contributed by atoms with E-state index in [2.05, 4.69) is 33.6 Å². The van der Waals surface area contributed by atoms with Crippen molar-refractivity contribution in [3.05, 3.63) is 145 Å². The molecule has 4 N–H and O–H groups in total. The molecular formula is C50H53FN10O6. The Morgan fingerprint density at radius 2 is 1.69 bits per heavy atom. The highest BCUT2D eigenvalue weighted by molar-refractivity contribution is 5.98. The number of carbonyl (C=O) groups is 1. The van der Waals surface area contributed by atoms with Crippen molar-refractivity contribution in [1.82, 2.24) is 38.9 Å². The average molecular weight is 909 g/mol. The highest BCUT2D eigenvalue weighted by Gasteiger charge is 2.44. The van der Waals surface area contributed by atoms with Gasteiger partial charge in [-0.15, -0.1) is 0 Å². The second-order valence-electron chi connectivity index (χ2n) is 18.1. The number of nitrogens with one attached hydrogen (secondary N) is 2. The number of aromatic amines is 2. The van der Waals surface area contributed by atoms with E-state index in [1.807, 2.05) is 35.4 Å². The first-order valence-corrected chi connectivity index (χ1v) is 22.8. The minimum Gasteiger partial charge on any atom is -0.495 e. The minimum atomic E-state index is -1.22. The zero-order chi connectivity index (χ0) is 46.7. The third-order valence-corrected chi connectivity index (χ3v) is 13.8. The fourth-order valence-electron chi connectivity index (χ4n) is 10.1. The number of rotatable bonds is 11. The van der Waals surface area contributed by atoms with Crippen LogP contribution < -0.4 is 32.2 Å². The molecule has 3 aliphatic rings. The molecular weight excluding hydrogens is 856 g/mol. The minimum absolute atomic E-state index is 0.0359. The summed E-state index contributed by atoms with van der Waals surface area (Å²) in [6, 6.07) is 20.7. The van der Waals surface area contributed by atoms with Crippen molar-refractivity contribution in [2.75, 3.05) is 44.7 Å². The molecule has 3 aromatic carbocycles. The van der Waals surface area contributed by atoms with Crippen molar-refractivity contribution in [2.24, 2.45) is 12.8 Å². The van der Waals surface area contributed by atoms with Crippen molar-refractivity contribution < 1.29 is 18.7 Å². The highest BCUT2D eigenvalue weighted by atomic mass is 19.1. The van der Waals surface area contributed by atoms with Gasteiger partial charge >= 0.3 is 5.69 Å². The number of fused-ring (bicyclic) bond motifs is 2. The summed E-state index contributed by atoms with van der Waals surface area (Å²) < 4.78 is 29.8. The van der Waals surface area contributed by atoms with Crippen LogP contribution in [0.5, 0.6) is 5.75 Å². The lowest BCUT2D eigenvalue weighted by molar-refractivity contribution is -0.0259. The Balaban J connectivity index is 0.932. The Morgan fingerprint density at radius 1 is 0.910 bits per heavy atom. The summed E-state index contributed by atoms with van der Waals surface area (Å²) in [7, 11) is 3.22. The van der Waals surface area contributed by atoms with Crippen LogP contribution in [0.1, 0.15) is 61.1 Å². The maximum atomic E-state index is 14.5.